The number of anilines is 1. The third kappa shape index (κ3) is 2.92. The van der Waals surface area contributed by atoms with Gasteiger partial charge in [-0.1, -0.05) is 0 Å². The molecule has 92 valence electrons. The first kappa shape index (κ1) is 11.8. The molecule has 1 saturated heterocycles. The number of methoxy groups -OCH3 is 1. The highest BCUT2D eigenvalue weighted by molar-refractivity contribution is 5.95. The van der Waals surface area contributed by atoms with Crippen molar-refractivity contribution in [2.75, 3.05) is 32.1 Å². The predicted octanol–water partition coefficient (Wildman–Crippen LogP) is 0.0171. The highest BCUT2D eigenvalue weighted by atomic mass is 16.5. The van der Waals surface area contributed by atoms with Crippen LogP contribution in [0.4, 0.5) is 5.69 Å². The molecular formula is C11H15N3O3. The topological polar surface area (TPSA) is 72.5 Å². The van der Waals surface area contributed by atoms with Crippen LogP contribution in [0.3, 0.4) is 0 Å². The van der Waals surface area contributed by atoms with Gasteiger partial charge in [-0.3, -0.25) is 9.78 Å². The summed E-state index contributed by atoms with van der Waals surface area (Å²) in [5.74, 6) is 0.389. The zero-order chi connectivity index (χ0) is 12.1. The van der Waals surface area contributed by atoms with Crippen LogP contribution in [0.2, 0.25) is 0 Å². The van der Waals surface area contributed by atoms with Gasteiger partial charge in [-0.25, -0.2) is 0 Å². The van der Waals surface area contributed by atoms with E-state index in [0.29, 0.717) is 24.6 Å². The molecule has 1 amide bonds. The monoisotopic (exact) mass is 237 g/mol. The van der Waals surface area contributed by atoms with Crippen molar-refractivity contribution in [3.63, 3.8) is 0 Å². The standard InChI is InChI=1S/C11H15N3O3/c1-16-9-2-3-12-6-8(9)14-11(15)10-7-13-4-5-17-10/h2-3,6,10,13H,4-5,7H2,1H3,(H,14,15)/t10-/m1/s1. The largest absolute Gasteiger partial charge is 0.494 e. The molecule has 1 aliphatic rings. The molecule has 1 fully saturated rings. The van der Waals surface area contributed by atoms with E-state index in [1.807, 2.05) is 0 Å². The number of nitrogens with zero attached hydrogens (tertiary/aromatic N) is 1. The van der Waals surface area contributed by atoms with E-state index in [0.717, 1.165) is 6.54 Å². The van der Waals surface area contributed by atoms with Crippen LogP contribution in [-0.2, 0) is 9.53 Å². The van der Waals surface area contributed by atoms with Crippen molar-refractivity contribution < 1.29 is 14.3 Å². The Labute approximate surface area is 99.3 Å². The summed E-state index contributed by atoms with van der Waals surface area (Å²) in [6.07, 6.45) is 2.69. The summed E-state index contributed by atoms with van der Waals surface area (Å²) in [5, 5.41) is 5.84. The number of carbonyl (C=O) groups excluding carboxylic acids is 1. The van der Waals surface area contributed by atoms with Crippen molar-refractivity contribution in [2.24, 2.45) is 0 Å². The Morgan fingerprint density at radius 3 is 3.29 bits per heavy atom. The van der Waals surface area contributed by atoms with Crippen LogP contribution in [0.15, 0.2) is 18.5 Å². The normalized spacial score (nSPS) is 19.7. The minimum Gasteiger partial charge on any atom is -0.494 e. The summed E-state index contributed by atoms with van der Waals surface area (Å²) in [4.78, 5) is 15.8. The van der Waals surface area contributed by atoms with Gasteiger partial charge in [0.25, 0.3) is 5.91 Å². The average Bonchev–Trinajstić information content (AvgIpc) is 2.40. The molecule has 1 aliphatic heterocycles. The molecule has 2 heterocycles. The van der Waals surface area contributed by atoms with Crippen LogP contribution < -0.4 is 15.4 Å². The van der Waals surface area contributed by atoms with Crippen molar-refractivity contribution in [1.82, 2.24) is 10.3 Å². The second kappa shape index (κ2) is 5.60. The molecule has 1 aromatic heterocycles. The Hall–Kier alpha value is -1.66. The van der Waals surface area contributed by atoms with Crippen molar-refractivity contribution >= 4 is 11.6 Å². The smallest absolute Gasteiger partial charge is 0.254 e. The van der Waals surface area contributed by atoms with Gasteiger partial charge in [0.05, 0.1) is 19.9 Å². The number of nitrogens with one attached hydrogen (secondary N) is 2. The third-order valence-corrected chi connectivity index (χ3v) is 2.48. The van der Waals surface area contributed by atoms with Crippen molar-refractivity contribution in [2.45, 2.75) is 6.10 Å². The first-order chi connectivity index (χ1) is 8.31. The Morgan fingerprint density at radius 2 is 2.59 bits per heavy atom. The maximum absolute atomic E-state index is 11.9. The SMILES string of the molecule is COc1ccncc1NC(=O)[C@H]1CNCCO1. The summed E-state index contributed by atoms with van der Waals surface area (Å²) in [6.45, 7) is 1.84. The van der Waals surface area contributed by atoms with E-state index in [2.05, 4.69) is 15.6 Å². The van der Waals surface area contributed by atoms with Gasteiger partial charge < -0.3 is 20.1 Å². The molecule has 0 spiro atoms. The van der Waals surface area contributed by atoms with Crippen LogP contribution in [0.1, 0.15) is 0 Å². The van der Waals surface area contributed by atoms with E-state index in [1.54, 1.807) is 25.6 Å². The highest BCUT2D eigenvalue weighted by Gasteiger charge is 2.22. The van der Waals surface area contributed by atoms with Gasteiger partial charge in [0, 0.05) is 25.4 Å². The summed E-state index contributed by atoms with van der Waals surface area (Å²) < 4.78 is 10.5. The molecule has 0 saturated carbocycles. The van der Waals surface area contributed by atoms with E-state index >= 15 is 0 Å². The second-order valence-electron chi connectivity index (χ2n) is 3.63. The van der Waals surface area contributed by atoms with Gasteiger partial charge in [0.2, 0.25) is 0 Å². The van der Waals surface area contributed by atoms with E-state index in [1.165, 1.54) is 0 Å². The van der Waals surface area contributed by atoms with Gasteiger partial charge in [0.1, 0.15) is 17.5 Å². The van der Waals surface area contributed by atoms with Crippen LogP contribution in [0, 0.1) is 0 Å². The first-order valence-corrected chi connectivity index (χ1v) is 5.42. The summed E-state index contributed by atoms with van der Waals surface area (Å²) in [5.41, 5.74) is 0.550. The maximum atomic E-state index is 11.9. The van der Waals surface area contributed by atoms with Gasteiger partial charge >= 0.3 is 0 Å². The van der Waals surface area contributed by atoms with Crippen molar-refractivity contribution in [1.29, 1.82) is 0 Å². The molecule has 1 aromatic rings. The number of hydrogen-bond acceptors (Lipinski definition) is 5. The fourth-order valence-electron chi connectivity index (χ4n) is 1.60. The predicted molar refractivity (Wildman–Crippen MR) is 62.0 cm³/mol. The molecule has 2 rings (SSSR count). The van der Waals surface area contributed by atoms with Crippen LogP contribution >= 0.6 is 0 Å². The van der Waals surface area contributed by atoms with Crippen molar-refractivity contribution in [3.05, 3.63) is 18.5 Å². The molecular weight excluding hydrogens is 222 g/mol. The molecule has 0 unspecified atom stereocenters. The average molecular weight is 237 g/mol. The zero-order valence-corrected chi connectivity index (χ0v) is 9.60. The first-order valence-electron chi connectivity index (χ1n) is 5.42. The lowest BCUT2D eigenvalue weighted by molar-refractivity contribution is -0.128. The van der Waals surface area contributed by atoms with E-state index in [-0.39, 0.29) is 5.91 Å². The summed E-state index contributed by atoms with van der Waals surface area (Å²) in [6, 6.07) is 1.69. The Bertz CT molecular complexity index is 391. The maximum Gasteiger partial charge on any atom is 0.254 e. The number of aromatic nitrogens is 1. The Morgan fingerprint density at radius 1 is 1.71 bits per heavy atom. The molecule has 0 radical (unpaired) electrons. The fourth-order valence-corrected chi connectivity index (χ4v) is 1.60. The minimum atomic E-state index is -0.464. The molecule has 2 N–H and O–H groups in total. The number of morpholine rings is 1. The molecule has 6 heteroatoms. The lowest BCUT2D eigenvalue weighted by Gasteiger charge is -2.22. The quantitative estimate of drug-likeness (QED) is 0.775. The van der Waals surface area contributed by atoms with Gasteiger partial charge in [-0.05, 0) is 0 Å². The third-order valence-electron chi connectivity index (χ3n) is 2.48. The van der Waals surface area contributed by atoms with Crippen molar-refractivity contribution in [3.8, 4) is 5.75 Å². The fraction of sp³-hybridized carbons (Fsp3) is 0.455. The number of rotatable bonds is 3. The lowest BCUT2D eigenvalue weighted by Crippen LogP contribution is -2.45. The van der Waals surface area contributed by atoms with Gasteiger partial charge in [0.15, 0.2) is 0 Å². The van der Waals surface area contributed by atoms with Gasteiger partial charge in [-0.2, -0.15) is 0 Å². The number of pyridine rings is 1. The molecule has 6 nitrogen and oxygen atoms in total. The Kier molecular flexibility index (Phi) is 3.89. The molecule has 0 aliphatic carbocycles. The van der Waals surface area contributed by atoms with E-state index in [9.17, 15) is 4.79 Å². The summed E-state index contributed by atoms with van der Waals surface area (Å²) >= 11 is 0. The number of hydrogen-bond donors (Lipinski definition) is 2. The number of carbonyl (C=O) groups is 1. The molecule has 0 bridgehead atoms. The number of amides is 1. The summed E-state index contributed by atoms with van der Waals surface area (Å²) in [7, 11) is 1.55. The minimum absolute atomic E-state index is 0.191. The van der Waals surface area contributed by atoms with E-state index < -0.39 is 6.10 Å². The Balaban J connectivity index is 2.01. The lowest BCUT2D eigenvalue weighted by atomic mass is 10.2. The molecule has 1 atom stereocenters. The van der Waals surface area contributed by atoms with Crippen LogP contribution in [-0.4, -0.2) is 43.8 Å². The van der Waals surface area contributed by atoms with Crippen LogP contribution in [0.5, 0.6) is 5.75 Å². The number of ether oxygens (including phenoxy) is 2. The molecule has 0 aromatic carbocycles. The second-order valence-corrected chi connectivity index (χ2v) is 3.63. The molecule has 17 heavy (non-hydrogen) atoms. The van der Waals surface area contributed by atoms with E-state index in [4.69, 9.17) is 9.47 Å². The highest BCUT2D eigenvalue weighted by Crippen LogP contribution is 2.21. The van der Waals surface area contributed by atoms with Gasteiger partial charge in [-0.15, -0.1) is 0 Å². The van der Waals surface area contributed by atoms with Crippen LogP contribution in [0.25, 0.3) is 0 Å². The zero-order valence-electron chi connectivity index (χ0n) is 9.60.